The van der Waals surface area contributed by atoms with E-state index in [4.69, 9.17) is 0 Å². The summed E-state index contributed by atoms with van der Waals surface area (Å²) in [6.45, 7) is 0. The molecule has 0 saturated carbocycles. The summed E-state index contributed by atoms with van der Waals surface area (Å²) < 4.78 is 0.880. The van der Waals surface area contributed by atoms with Gasteiger partial charge in [0.25, 0.3) is 11.6 Å². The van der Waals surface area contributed by atoms with Gasteiger partial charge < -0.3 is 5.32 Å². The van der Waals surface area contributed by atoms with Crippen LogP contribution in [0.1, 0.15) is 27.7 Å². The molecule has 1 unspecified atom stereocenters. The number of nitrogens with zero attached hydrogens (tertiary/aromatic N) is 3. The third-order valence-electron chi connectivity index (χ3n) is 4.48. The minimum absolute atomic E-state index is 0.0362. The Morgan fingerprint density at radius 1 is 1.07 bits per heavy atom. The van der Waals surface area contributed by atoms with Gasteiger partial charge in [-0.15, -0.1) is 0 Å². The SMILES string of the molecule is O=C1c2ccccc2NC(c2cccc(Br)c2)N1/N=C/c1cccc([N+](=O)[O-])c1. The summed E-state index contributed by atoms with van der Waals surface area (Å²) in [5.74, 6) is -0.258. The number of nitro groups is 1. The first-order valence-corrected chi connectivity index (χ1v) is 9.55. The number of non-ortho nitro benzene ring substituents is 1. The maximum atomic E-state index is 13.1. The number of para-hydroxylation sites is 1. The highest BCUT2D eigenvalue weighted by Crippen LogP contribution is 2.34. The summed E-state index contributed by atoms with van der Waals surface area (Å²) in [5, 5.41) is 20.1. The molecule has 0 spiro atoms. The second-order valence-electron chi connectivity index (χ2n) is 6.39. The maximum absolute atomic E-state index is 13.1. The summed E-state index contributed by atoms with van der Waals surface area (Å²) in [5.41, 5.74) is 2.57. The van der Waals surface area contributed by atoms with Crippen molar-refractivity contribution in [3.05, 3.63) is 104 Å². The smallest absolute Gasteiger partial charge is 0.278 e. The molecule has 1 heterocycles. The van der Waals surface area contributed by atoms with Crippen molar-refractivity contribution in [1.29, 1.82) is 0 Å². The Bertz CT molecular complexity index is 1130. The van der Waals surface area contributed by atoms with Gasteiger partial charge in [-0.2, -0.15) is 5.10 Å². The van der Waals surface area contributed by atoms with Crippen LogP contribution in [0.15, 0.2) is 82.4 Å². The third-order valence-corrected chi connectivity index (χ3v) is 4.97. The first-order valence-electron chi connectivity index (χ1n) is 8.76. The average Bonchev–Trinajstić information content (AvgIpc) is 2.73. The summed E-state index contributed by atoms with van der Waals surface area (Å²) in [6, 6.07) is 20.9. The number of hydrazone groups is 1. The first kappa shape index (κ1) is 18.8. The quantitative estimate of drug-likeness (QED) is 0.345. The summed E-state index contributed by atoms with van der Waals surface area (Å²) in [6.07, 6.45) is 0.927. The number of hydrogen-bond acceptors (Lipinski definition) is 5. The molecule has 0 fully saturated rings. The summed E-state index contributed by atoms with van der Waals surface area (Å²) in [7, 11) is 0. The number of fused-ring (bicyclic) bond motifs is 1. The molecular weight excluding hydrogens is 436 g/mol. The van der Waals surface area contributed by atoms with Gasteiger partial charge in [-0.1, -0.05) is 52.3 Å². The number of nitro benzene ring substituents is 1. The number of carbonyl (C=O) groups excluding carboxylic acids is 1. The van der Waals surface area contributed by atoms with Gasteiger partial charge in [-0.05, 0) is 29.8 Å². The predicted molar refractivity (Wildman–Crippen MR) is 114 cm³/mol. The van der Waals surface area contributed by atoms with E-state index in [-0.39, 0.29) is 11.6 Å². The van der Waals surface area contributed by atoms with Crippen LogP contribution in [0.4, 0.5) is 11.4 Å². The predicted octanol–water partition coefficient (Wildman–Crippen LogP) is 4.96. The molecule has 3 aromatic carbocycles. The molecule has 1 aliphatic rings. The zero-order chi connectivity index (χ0) is 20.4. The van der Waals surface area contributed by atoms with E-state index in [1.807, 2.05) is 36.4 Å². The number of halogens is 1. The lowest BCUT2D eigenvalue weighted by atomic mass is 10.1. The van der Waals surface area contributed by atoms with Gasteiger partial charge in [0.1, 0.15) is 0 Å². The van der Waals surface area contributed by atoms with Crippen molar-refractivity contribution in [2.24, 2.45) is 5.10 Å². The van der Waals surface area contributed by atoms with Crippen LogP contribution in [0.25, 0.3) is 0 Å². The molecule has 1 amide bonds. The fourth-order valence-electron chi connectivity index (χ4n) is 3.11. The normalized spacial score (nSPS) is 15.8. The molecule has 8 heteroatoms. The van der Waals surface area contributed by atoms with E-state index >= 15 is 0 Å². The average molecular weight is 451 g/mol. The molecule has 0 bridgehead atoms. The highest BCUT2D eigenvalue weighted by molar-refractivity contribution is 9.10. The van der Waals surface area contributed by atoms with Crippen LogP contribution in [0.2, 0.25) is 0 Å². The minimum Gasteiger partial charge on any atom is -0.359 e. The Balaban J connectivity index is 1.74. The van der Waals surface area contributed by atoms with Crippen molar-refractivity contribution >= 4 is 39.4 Å². The molecule has 3 aromatic rings. The fourth-order valence-corrected chi connectivity index (χ4v) is 3.53. The molecule has 0 aliphatic carbocycles. The zero-order valence-corrected chi connectivity index (χ0v) is 16.6. The van der Waals surface area contributed by atoms with E-state index in [0.29, 0.717) is 11.1 Å². The van der Waals surface area contributed by atoms with Gasteiger partial charge in [-0.3, -0.25) is 14.9 Å². The molecular formula is C21H15BrN4O3. The second-order valence-corrected chi connectivity index (χ2v) is 7.31. The number of anilines is 1. The second kappa shape index (κ2) is 7.84. The van der Waals surface area contributed by atoms with Gasteiger partial charge in [0.05, 0.1) is 16.7 Å². The van der Waals surface area contributed by atoms with E-state index in [1.54, 1.807) is 24.3 Å². The number of carbonyl (C=O) groups is 1. The Morgan fingerprint density at radius 2 is 1.86 bits per heavy atom. The topological polar surface area (TPSA) is 87.8 Å². The number of hydrogen-bond donors (Lipinski definition) is 1. The first-order chi connectivity index (χ1) is 14.0. The number of amides is 1. The van der Waals surface area contributed by atoms with Crippen LogP contribution in [0.5, 0.6) is 0 Å². The summed E-state index contributed by atoms with van der Waals surface area (Å²) >= 11 is 3.46. The Hall–Kier alpha value is -3.52. The van der Waals surface area contributed by atoms with E-state index in [1.165, 1.54) is 23.4 Å². The van der Waals surface area contributed by atoms with Crippen LogP contribution in [-0.4, -0.2) is 22.1 Å². The van der Waals surface area contributed by atoms with Gasteiger partial charge in [0, 0.05) is 27.9 Å². The number of rotatable bonds is 4. The molecule has 1 N–H and O–H groups in total. The van der Waals surface area contributed by atoms with Crippen molar-refractivity contribution in [1.82, 2.24) is 5.01 Å². The van der Waals surface area contributed by atoms with E-state index in [9.17, 15) is 14.9 Å². The molecule has 29 heavy (non-hydrogen) atoms. The molecule has 4 rings (SSSR count). The van der Waals surface area contributed by atoms with Gasteiger partial charge in [0.2, 0.25) is 0 Å². The molecule has 1 aliphatic heterocycles. The fraction of sp³-hybridized carbons (Fsp3) is 0.0476. The monoisotopic (exact) mass is 450 g/mol. The van der Waals surface area contributed by atoms with E-state index < -0.39 is 11.1 Å². The molecule has 1 atom stereocenters. The summed E-state index contributed by atoms with van der Waals surface area (Å²) in [4.78, 5) is 23.7. The van der Waals surface area contributed by atoms with Crippen molar-refractivity contribution in [3.63, 3.8) is 0 Å². The van der Waals surface area contributed by atoms with Gasteiger partial charge >= 0.3 is 0 Å². The lowest BCUT2D eigenvalue weighted by Crippen LogP contribution is -2.39. The Morgan fingerprint density at radius 3 is 2.66 bits per heavy atom. The standard InChI is InChI=1S/C21H15BrN4O3/c22-16-7-4-6-15(12-16)20-24-19-10-2-1-9-18(19)21(27)25(20)23-13-14-5-3-8-17(11-14)26(28)29/h1-13,20,24H/b23-13+. The van der Waals surface area contributed by atoms with Crippen LogP contribution < -0.4 is 5.32 Å². The molecule has 0 saturated heterocycles. The van der Waals surface area contributed by atoms with Crippen LogP contribution in [-0.2, 0) is 0 Å². The number of nitrogens with one attached hydrogen (secondary N) is 1. The largest absolute Gasteiger partial charge is 0.359 e. The Kier molecular flexibility index (Phi) is 5.09. The lowest BCUT2D eigenvalue weighted by molar-refractivity contribution is -0.384. The number of benzene rings is 3. The van der Waals surface area contributed by atoms with Crippen LogP contribution in [0, 0.1) is 10.1 Å². The lowest BCUT2D eigenvalue weighted by Gasteiger charge is -2.34. The van der Waals surface area contributed by atoms with Gasteiger partial charge in [-0.25, -0.2) is 5.01 Å². The van der Waals surface area contributed by atoms with Crippen molar-refractivity contribution in [3.8, 4) is 0 Å². The third kappa shape index (κ3) is 3.88. The Labute approximate surface area is 174 Å². The highest BCUT2D eigenvalue weighted by atomic mass is 79.9. The zero-order valence-electron chi connectivity index (χ0n) is 15.0. The van der Waals surface area contributed by atoms with Crippen molar-refractivity contribution in [2.75, 3.05) is 5.32 Å². The van der Waals surface area contributed by atoms with E-state index in [2.05, 4.69) is 26.3 Å². The minimum atomic E-state index is -0.523. The maximum Gasteiger partial charge on any atom is 0.278 e. The van der Waals surface area contributed by atoms with E-state index in [0.717, 1.165) is 15.7 Å². The molecule has 7 nitrogen and oxygen atoms in total. The highest BCUT2D eigenvalue weighted by Gasteiger charge is 2.32. The van der Waals surface area contributed by atoms with Crippen LogP contribution >= 0.6 is 15.9 Å². The molecule has 0 aromatic heterocycles. The molecule has 0 radical (unpaired) electrons. The van der Waals surface area contributed by atoms with Crippen LogP contribution in [0.3, 0.4) is 0 Å². The molecule has 144 valence electrons. The van der Waals surface area contributed by atoms with Gasteiger partial charge in [0.15, 0.2) is 6.17 Å². The van der Waals surface area contributed by atoms with Crippen molar-refractivity contribution in [2.45, 2.75) is 6.17 Å². The van der Waals surface area contributed by atoms with Crippen molar-refractivity contribution < 1.29 is 9.72 Å².